The highest BCUT2D eigenvalue weighted by Gasteiger charge is 2.23. The van der Waals surface area contributed by atoms with Gasteiger partial charge in [0.25, 0.3) is 0 Å². The Labute approximate surface area is 158 Å². The molecule has 0 aliphatic heterocycles. The second-order valence-electron chi connectivity index (χ2n) is 6.97. The van der Waals surface area contributed by atoms with E-state index in [1.165, 1.54) is 0 Å². The van der Waals surface area contributed by atoms with Crippen molar-refractivity contribution < 1.29 is 22.8 Å². The Morgan fingerprint density at radius 3 is 2.11 bits per heavy atom. The Balaban J connectivity index is 2.80. The maximum Gasteiger partial charge on any atom is 0.238 e. The lowest BCUT2D eigenvalue weighted by Crippen LogP contribution is -2.48. The van der Waals surface area contributed by atoms with E-state index >= 15 is 0 Å². The van der Waals surface area contributed by atoms with Crippen LogP contribution in [-0.4, -0.2) is 53.3 Å². The first-order valence-electron chi connectivity index (χ1n) is 9.05. The maximum absolute atomic E-state index is 13.7. The first kappa shape index (κ1) is 23.0. The van der Waals surface area contributed by atoms with Gasteiger partial charge >= 0.3 is 0 Å². The lowest BCUT2D eigenvalue weighted by Gasteiger charge is -2.33. The van der Waals surface area contributed by atoms with Gasteiger partial charge in [0.1, 0.15) is 0 Å². The number of amides is 2. The lowest BCUT2D eigenvalue weighted by atomic mass is 10.2. The molecule has 1 rings (SSSR count). The summed E-state index contributed by atoms with van der Waals surface area (Å²) in [4.78, 5) is 28.2. The van der Waals surface area contributed by atoms with Crippen molar-refractivity contribution in [1.29, 1.82) is 0 Å². The average Bonchev–Trinajstić information content (AvgIpc) is 2.54. The molecule has 0 saturated carbocycles. The molecule has 5 nitrogen and oxygen atoms in total. The summed E-state index contributed by atoms with van der Waals surface area (Å²) in [5.74, 6) is -5.14. The zero-order valence-corrected chi connectivity index (χ0v) is 16.5. The van der Waals surface area contributed by atoms with Crippen molar-refractivity contribution in [3.8, 4) is 0 Å². The molecule has 0 fully saturated rings. The minimum Gasteiger partial charge on any atom is -0.337 e. The molecule has 0 aromatic heterocycles. The van der Waals surface area contributed by atoms with Crippen LogP contribution in [0.1, 0.15) is 41.0 Å². The Hall–Kier alpha value is -2.09. The number of anilines is 1. The van der Waals surface area contributed by atoms with Gasteiger partial charge in [-0.2, -0.15) is 0 Å². The average molecular weight is 387 g/mol. The zero-order valence-electron chi connectivity index (χ0n) is 16.5. The minimum atomic E-state index is -1.64. The molecule has 0 aliphatic carbocycles. The van der Waals surface area contributed by atoms with Crippen LogP contribution in [0.2, 0.25) is 0 Å². The van der Waals surface area contributed by atoms with E-state index in [0.717, 1.165) is 12.1 Å². The molecule has 8 heteroatoms. The predicted octanol–water partition coefficient (Wildman–Crippen LogP) is 3.40. The fourth-order valence-electron chi connectivity index (χ4n) is 2.99. The quantitative estimate of drug-likeness (QED) is 0.661. The van der Waals surface area contributed by atoms with Crippen LogP contribution in [0.3, 0.4) is 0 Å². The van der Waals surface area contributed by atoms with Crippen LogP contribution in [0, 0.1) is 17.5 Å². The van der Waals surface area contributed by atoms with E-state index < -0.39 is 29.0 Å². The number of nitrogens with one attached hydrogen (secondary N) is 1. The standard InChI is InChI=1S/C19H28F3N3O2/c1-6-9-24(11-17(27)25(12(2)3)13(4)5)10-16(26)23-15-8-7-14(20)18(21)19(15)22/h7-8,12-13H,6,9-11H2,1-5H3,(H,23,26). The topological polar surface area (TPSA) is 52.7 Å². The van der Waals surface area contributed by atoms with Crippen LogP contribution in [0.25, 0.3) is 0 Å². The zero-order chi connectivity index (χ0) is 20.7. The summed E-state index contributed by atoms with van der Waals surface area (Å²) in [6.45, 7) is 9.94. The van der Waals surface area contributed by atoms with E-state index in [1.807, 2.05) is 34.6 Å². The van der Waals surface area contributed by atoms with Crippen molar-refractivity contribution in [3.05, 3.63) is 29.6 Å². The molecule has 0 radical (unpaired) electrons. The van der Waals surface area contributed by atoms with Crippen LogP contribution >= 0.6 is 0 Å². The van der Waals surface area contributed by atoms with Gasteiger partial charge in [0.05, 0.1) is 18.8 Å². The number of halogens is 3. The summed E-state index contributed by atoms with van der Waals surface area (Å²) in [6.07, 6.45) is 0.712. The van der Waals surface area contributed by atoms with Crippen LogP contribution in [0.15, 0.2) is 12.1 Å². The highest BCUT2D eigenvalue weighted by molar-refractivity contribution is 5.92. The summed E-state index contributed by atoms with van der Waals surface area (Å²) < 4.78 is 40.0. The van der Waals surface area contributed by atoms with Gasteiger partial charge in [0, 0.05) is 12.1 Å². The number of carbonyl (C=O) groups is 2. The largest absolute Gasteiger partial charge is 0.337 e. The predicted molar refractivity (Wildman–Crippen MR) is 98.8 cm³/mol. The van der Waals surface area contributed by atoms with Gasteiger partial charge in [-0.3, -0.25) is 14.5 Å². The van der Waals surface area contributed by atoms with E-state index in [9.17, 15) is 22.8 Å². The first-order valence-corrected chi connectivity index (χ1v) is 9.05. The second kappa shape index (κ2) is 10.3. The lowest BCUT2D eigenvalue weighted by molar-refractivity contribution is -0.136. The minimum absolute atomic E-state index is 0.0195. The smallest absolute Gasteiger partial charge is 0.238 e. The first-order chi connectivity index (χ1) is 12.6. The van der Waals surface area contributed by atoms with Gasteiger partial charge in [0.2, 0.25) is 11.8 Å². The molecular formula is C19H28F3N3O2. The van der Waals surface area contributed by atoms with Crippen LogP contribution in [-0.2, 0) is 9.59 Å². The van der Waals surface area contributed by atoms with Gasteiger partial charge in [-0.15, -0.1) is 0 Å². The third-order valence-electron chi connectivity index (χ3n) is 3.98. The van der Waals surface area contributed by atoms with Crippen LogP contribution < -0.4 is 5.32 Å². The summed E-state index contributed by atoms with van der Waals surface area (Å²) in [5.41, 5.74) is -0.437. The molecule has 0 spiro atoms. The molecule has 152 valence electrons. The van der Waals surface area contributed by atoms with E-state index in [1.54, 1.807) is 9.80 Å². The van der Waals surface area contributed by atoms with Crippen LogP contribution in [0.4, 0.5) is 18.9 Å². The van der Waals surface area contributed by atoms with Crippen molar-refractivity contribution in [2.24, 2.45) is 0 Å². The van der Waals surface area contributed by atoms with E-state index in [4.69, 9.17) is 0 Å². The number of nitrogens with zero attached hydrogens (tertiary/aromatic N) is 2. The van der Waals surface area contributed by atoms with E-state index in [-0.39, 0.29) is 31.1 Å². The van der Waals surface area contributed by atoms with Gasteiger partial charge in [-0.1, -0.05) is 6.92 Å². The molecular weight excluding hydrogens is 359 g/mol. The van der Waals surface area contributed by atoms with Crippen molar-refractivity contribution >= 4 is 17.5 Å². The van der Waals surface area contributed by atoms with Crippen molar-refractivity contribution in [2.75, 3.05) is 25.0 Å². The highest BCUT2D eigenvalue weighted by Crippen LogP contribution is 2.19. The fraction of sp³-hybridized carbons (Fsp3) is 0.579. The van der Waals surface area contributed by atoms with Gasteiger partial charge < -0.3 is 10.2 Å². The Bertz CT molecular complexity index is 658. The molecule has 0 unspecified atom stereocenters. The van der Waals surface area contributed by atoms with Crippen molar-refractivity contribution in [2.45, 2.75) is 53.1 Å². The second-order valence-corrected chi connectivity index (χ2v) is 6.97. The molecule has 0 heterocycles. The number of hydrogen-bond acceptors (Lipinski definition) is 3. The Morgan fingerprint density at radius 1 is 1.00 bits per heavy atom. The molecule has 27 heavy (non-hydrogen) atoms. The van der Waals surface area contributed by atoms with Crippen molar-refractivity contribution in [1.82, 2.24) is 9.80 Å². The molecule has 1 aromatic carbocycles. The molecule has 1 N–H and O–H groups in total. The molecule has 2 amide bonds. The summed E-state index contributed by atoms with van der Waals surface area (Å²) in [5, 5.41) is 2.23. The monoisotopic (exact) mass is 387 g/mol. The summed E-state index contributed by atoms with van der Waals surface area (Å²) in [7, 11) is 0. The van der Waals surface area contributed by atoms with Gasteiger partial charge in [-0.25, -0.2) is 13.2 Å². The normalized spacial score (nSPS) is 11.4. The summed E-state index contributed by atoms with van der Waals surface area (Å²) in [6, 6.07) is 1.74. The number of carbonyl (C=O) groups excluding carboxylic acids is 2. The maximum atomic E-state index is 13.7. The third-order valence-corrected chi connectivity index (χ3v) is 3.98. The number of benzene rings is 1. The molecule has 0 saturated heterocycles. The van der Waals surface area contributed by atoms with E-state index in [0.29, 0.717) is 13.0 Å². The summed E-state index contributed by atoms with van der Waals surface area (Å²) >= 11 is 0. The Kier molecular flexibility index (Phi) is 8.75. The molecule has 1 aromatic rings. The molecule has 0 aliphatic rings. The Morgan fingerprint density at radius 2 is 1.59 bits per heavy atom. The number of rotatable bonds is 9. The highest BCUT2D eigenvalue weighted by atomic mass is 19.2. The van der Waals surface area contributed by atoms with Crippen LogP contribution in [0.5, 0.6) is 0 Å². The van der Waals surface area contributed by atoms with Crippen molar-refractivity contribution in [3.63, 3.8) is 0 Å². The molecule has 0 bridgehead atoms. The SMILES string of the molecule is CCCN(CC(=O)Nc1ccc(F)c(F)c1F)CC(=O)N(C(C)C)C(C)C. The third kappa shape index (κ3) is 6.53. The molecule has 0 atom stereocenters. The van der Waals surface area contributed by atoms with E-state index in [2.05, 4.69) is 5.32 Å². The fourth-order valence-corrected chi connectivity index (χ4v) is 2.99. The number of hydrogen-bond donors (Lipinski definition) is 1. The van der Waals surface area contributed by atoms with Gasteiger partial charge in [0.15, 0.2) is 17.5 Å². The van der Waals surface area contributed by atoms with Gasteiger partial charge in [-0.05, 0) is 52.8 Å².